The van der Waals surface area contributed by atoms with E-state index in [1.807, 2.05) is 24.3 Å². The van der Waals surface area contributed by atoms with Crippen molar-refractivity contribution in [2.24, 2.45) is 0 Å². The zero-order valence-corrected chi connectivity index (χ0v) is 13.2. The number of methoxy groups -OCH3 is 1. The van der Waals surface area contributed by atoms with Crippen LogP contribution < -0.4 is 4.74 Å². The molecule has 124 valence electrons. The van der Waals surface area contributed by atoms with E-state index in [4.69, 9.17) is 9.15 Å². The number of para-hydroxylation sites is 1. The van der Waals surface area contributed by atoms with Gasteiger partial charge in [0, 0.05) is 12.5 Å². The highest BCUT2D eigenvalue weighted by atomic mass is 16.6. The lowest BCUT2D eigenvalue weighted by Gasteiger charge is -2.05. The fraction of sp³-hybridized carbons (Fsp3) is 0.267. The summed E-state index contributed by atoms with van der Waals surface area (Å²) in [7, 11) is 1.60. The predicted molar refractivity (Wildman–Crippen MR) is 82.8 cm³/mol. The second-order valence-electron chi connectivity index (χ2n) is 5.09. The summed E-state index contributed by atoms with van der Waals surface area (Å²) in [4.78, 5) is 14.5. The maximum atomic E-state index is 11.0. The van der Waals surface area contributed by atoms with Crippen molar-refractivity contribution in [3.63, 3.8) is 0 Å². The van der Waals surface area contributed by atoms with Crippen LogP contribution >= 0.6 is 0 Å². The third-order valence-corrected chi connectivity index (χ3v) is 3.56. The number of rotatable bonds is 6. The molecule has 0 aliphatic heterocycles. The number of benzene rings is 1. The molecule has 3 rings (SSSR count). The topological polar surface area (TPSA) is 109 Å². The lowest BCUT2D eigenvalue weighted by molar-refractivity contribution is -0.392. The van der Waals surface area contributed by atoms with Crippen molar-refractivity contribution in [1.82, 2.24) is 19.7 Å². The van der Waals surface area contributed by atoms with Crippen molar-refractivity contribution >= 4 is 5.82 Å². The molecule has 0 bridgehead atoms. The molecule has 3 aromatic rings. The van der Waals surface area contributed by atoms with Crippen molar-refractivity contribution < 1.29 is 14.1 Å². The lowest BCUT2D eigenvalue weighted by atomic mass is 10.1. The molecule has 0 N–H and O–H groups in total. The SMILES string of the molecule is COc1ccccc1Cc1nnc(Cn2c([N+](=O)[O-])cnc2C)o1. The molecule has 0 aliphatic rings. The summed E-state index contributed by atoms with van der Waals surface area (Å²) in [5, 5.41) is 19.0. The van der Waals surface area contributed by atoms with Gasteiger partial charge in [-0.05, 0) is 11.0 Å². The summed E-state index contributed by atoms with van der Waals surface area (Å²) < 4.78 is 12.3. The van der Waals surface area contributed by atoms with E-state index in [2.05, 4.69) is 15.2 Å². The third kappa shape index (κ3) is 3.09. The van der Waals surface area contributed by atoms with Crippen LogP contribution in [0.2, 0.25) is 0 Å². The molecule has 0 spiro atoms. The fourth-order valence-corrected chi connectivity index (χ4v) is 2.37. The summed E-state index contributed by atoms with van der Waals surface area (Å²) in [5.74, 6) is 1.82. The normalized spacial score (nSPS) is 10.8. The number of nitro groups is 1. The van der Waals surface area contributed by atoms with E-state index in [0.717, 1.165) is 11.3 Å². The lowest BCUT2D eigenvalue weighted by Crippen LogP contribution is -2.06. The van der Waals surface area contributed by atoms with Gasteiger partial charge in [0.15, 0.2) is 12.4 Å². The van der Waals surface area contributed by atoms with Gasteiger partial charge in [-0.2, -0.15) is 0 Å². The first-order valence-electron chi connectivity index (χ1n) is 7.18. The molecule has 9 heteroatoms. The van der Waals surface area contributed by atoms with Gasteiger partial charge in [0.1, 0.15) is 11.9 Å². The molecule has 1 aromatic carbocycles. The molecule has 0 aliphatic carbocycles. The minimum absolute atomic E-state index is 0.0983. The van der Waals surface area contributed by atoms with Gasteiger partial charge in [0.2, 0.25) is 5.89 Å². The third-order valence-electron chi connectivity index (χ3n) is 3.56. The number of aryl methyl sites for hydroxylation is 1. The van der Waals surface area contributed by atoms with E-state index in [0.29, 0.717) is 18.1 Å². The van der Waals surface area contributed by atoms with E-state index in [9.17, 15) is 10.1 Å². The second-order valence-corrected chi connectivity index (χ2v) is 5.09. The van der Waals surface area contributed by atoms with Crippen LogP contribution in [-0.4, -0.2) is 31.8 Å². The highest BCUT2D eigenvalue weighted by Gasteiger charge is 2.20. The van der Waals surface area contributed by atoms with Crippen LogP contribution in [0.1, 0.15) is 23.2 Å². The summed E-state index contributed by atoms with van der Waals surface area (Å²) in [5.41, 5.74) is 0.917. The number of ether oxygens (including phenoxy) is 1. The average Bonchev–Trinajstić information content (AvgIpc) is 3.16. The van der Waals surface area contributed by atoms with Gasteiger partial charge in [0.05, 0.1) is 13.5 Å². The van der Waals surface area contributed by atoms with Crippen LogP contribution in [0.4, 0.5) is 5.82 Å². The van der Waals surface area contributed by atoms with Gasteiger partial charge in [0.25, 0.3) is 5.89 Å². The van der Waals surface area contributed by atoms with Crippen LogP contribution in [0.15, 0.2) is 34.9 Å². The van der Waals surface area contributed by atoms with Crippen molar-refractivity contribution in [3.05, 3.63) is 63.7 Å². The average molecular weight is 329 g/mol. The molecule has 0 saturated heterocycles. The maximum Gasteiger partial charge on any atom is 0.343 e. The molecular weight excluding hydrogens is 314 g/mol. The van der Waals surface area contributed by atoms with Gasteiger partial charge in [-0.15, -0.1) is 10.2 Å². The summed E-state index contributed by atoms with van der Waals surface area (Å²) >= 11 is 0. The second kappa shape index (κ2) is 6.49. The molecule has 0 atom stereocenters. The van der Waals surface area contributed by atoms with E-state index < -0.39 is 4.92 Å². The molecule has 0 fully saturated rings. The highest BCUT2D eigenvalue weighted by Crippen LogP contribution is 2.21. The molecule has 9 nitrogen and oxygen atoms in total. The monoisotopic (exact) mass is 329 g/mol. The van der Waals surface area contributed by atoms with E-state index >= 15 is 0 Å². The molecule has 24 heavy (non-hydrogen) atoms. The molecule has 2 heterocycles. The molecule has 0 radical (unpaired) electrons. The quantitative estimate of drug-likeness (QED) is 0.503. The van der Waals surface area contributed by atoms with E-state index in [-0.39, 0.29) is 18.3 Å². The Kier molecular flexibility index (Phi) is 4.23. The molecule has 0 saturated carbocycles. The van der Waals surface area contributed by atoms with Crippen LogP contribution in [0.5, 0.6) is 5.75 Å². The molecule has 2 aromatic heterocycles. The van der Waals surface area contributed by atoms with E-state index in [1.54, 1.807) is 14.0 Å². The van der Waals surface area contributed by atoms with Gasteiger partial charge in [-0.25, -0.2) is 9.55 Å². The van der Waals surface area contributed by atoms with Gasteiger partial charge >= 0.3 is 5.82 Å². The molecular formula is C15H15N5O4. The number of nitrogens with zero attached hydrogens (tertiary/aromatic N) is 5. The summed E-state index contributed by atoms with van der Waals surface area (Å²) in [6.07, 6.45) is 1.63. The minimum atomic E-state index is -0.494. The van der Waals surface area contributed by atoms with Crippen molar-refractivity contribution in [2.75, 3.05) is 7.11 Å². The highest BCUT2D eigenvalue weighted by molar-refractivity contribution is 5.34. The smallest absolute Gasteiger partial charge is 0.343 e. The Balaban J connectivity index is 1.79. The number of hydrogen-bond donors (Lipinski definition) is 0. The van der Waals surface area contributed by atoms with Crippen molar-refractivity contribution in [2.45, 2.75) is 19.9 Å². The number of imidazole rings is 1. The van der Waals surface area contributed by atoms with Crippen LogP contribution in [-0.2, 0) is 13.0 Å². The standard InChI is InChI=1S/C15H15N5O4/c1-10-16-8-15(20(21)22)19(10)9-14-18-17-13(24-14)7-11-5-3-4-6-12(11)23-2/h3-6,8H,7,9H2,1-2H3. The predicted octanol–water partition coefficient (Wildman–Crippen LogP) is 2.13. The minimum Gasteiger partial charge on any atom is -0.496 e. The maximum absolute atomic E-state index is 11.0. The molecule has 0 amide bonds. The Labute approximate surface area is 137 Å². The largest absolute Gasteiger partial charge is 0.496 e. The van der Waals surface area contributed by atoms with Crippen molar-refractivity contribution in [3.8, 4) is 5.75 Å². The Morgan fingerprint density at radius 2 is 2.04 bits per heavy atom. The Morgan fingerprint density at radius 1 is 1.29 bits per heavy atom. The van der Waals surface area contributed by atoms with Crippen LogP contribution in [0.3, 0.4) is 0 Å². The van der Waals surface area contributed by atoms with E-state index in [1.165, 1.54) is 10.8 Å². The van der Waals surface area contributed by atoms with Gasteiger partial charge in [-0.1, -0.05) is 18.2 Å². The van der Waals surface area contributed by atoms with Gasteiger partial charge in [-0.3, -0.25) is 0 Å². The Bertz CT molecular complexity index is 870. The van der Waals surface area contributed by atoms with Crippen molar-refractivity contribution in [1.29, 1.82) is 0 Å². The summed E-state index contributed by atoms with van der Waals surface area (Å²) in [6.45, 7) is 1.78. The number of hydrogen-bond acceptors (Lipinski definition) is 7. The number of aromatic nitrogens is 4. The Hall–Kier alpha value is -3.23. The summed E-state index contributed by atoms with van der Waals surface area (Å²) in [6, 6.07) is 7.54. The van der Waals surface area contributed by atoms with Gasteiger partial charge < -0.3 is 19.3 Å². The fourth-order valence-electron chi connectivity index (χ4n) is 2.37. The first-order chi connectivity index (χ1) is 11.6. The Morgan fingerprint density at radius 3 is 2.79 bits per heavy atom. The first-order valence-corrected chi connectivity index (χ1v) is 7.18. The van der Waals surface area contributed by atoms with Crippen LogP contribution in [0.25, 0.3) is 0 Å². The molecule has 0 unspecified atom stereocenters. The first kappa shape index (κ1) is 15.7. The zero-order valence-electron chi connectivity index (χ0n) is 13.2. The van der Waals surface area contributed by atoms with Crippen LogP contribution in [0, 0.1) is 17.0 Å². The zero-order chi connectivity index (χ0) is 17.1.